The van der Waals surface area contributed by atoms with Crippen LogP contribution in [0.25, 0.3) is 0 Å². The lowest BCUT2D eigenvalue weighted by molar-refractivity contribution is -0.121. The van der Waals surface area contributed by atoms with Crippen LogP contribution < -0.4 is 14.9 Å². The highest BCUT2D eigenvalue weighted by Crippen LogP contribution is 2.28. The Hall–Kier alpha value is -2.43. The fraction of sp³-hybridized carbons (Fsp3) is 0.391. The summed E-state index contributed by atoms with van der Waals surface area (Å²) in [5, 5.41) is 4.00. The van der Waals surface area contributed by atoms with Crippen LogP contribution in [-0.4, -0.2) is 51.7 Å². The van der Waals surface area contributed by atoms with Crippen molar-refractivity contribution in [2.24, 2.45) is 5.10 Å². The first kappa shape index (κ1) is 25.2. The summed E-state index contributed by atoms with van der Waals surface area (Å²) in [5.74, 6) is 0.660. The predicted molar refractivity (Wildman–Crippen MR) is 130 cm³/mol. The molecular weight excluding hydrogens is 510 g/mol. The number of hydrogen-bond donors (Lipinski definition) is 1. The maximum atomic E-state index is 13.4. The van der Waals surface area contributed by atoms with Gasteiger partial charge in [0, 0.05) is 22.1 Å². The molecule has 0 spiro atoms. The van der Waals surface area contributed by atoms with Crippen molar-refractivity contribution in [2.45, 2.75) is 43.0 Å². The largest absolute Gasteiger partial charge is 0.497 e. The second-order valence-corrected chi connectivity index (χ2v) is 10.5. The molecule has 8 nitrogen and oxygen atoms in total. The summed E-state index contributed by atoms with van der Waals surface area (Å²) in [7, 11) is -0.756. The Kier molecular flexibility index (Phi) is 8.87. The van der Waals surface area contributed by atoms with E-state index in [1.807, 2.05) is 0 Å². The minimum Gasteiger partial charge on any atom is -0.497 e. The van der Waals surface area contributed by atoms with Crippen LogP contribution >= 0.6 is 15.9 Å². The van der Waals surface area contributed by atoms with E-state index in [0.717, 1.165) is 36.6 Å². The molecule has 0 atom stereocenters. The number of methoxy groups -OCH3 is 2. The van der Waals surface area contributed by atoms with Gasteiger partial charge < -0.3 is 9.47 Å². The zero-order valence-electron chi connectivity index (χ0n) is 18.7. The monoisotopic (exact) mass is 537 g/mol. The molecule has 0 bridgehead atoms. The summed E-state index contributed by atoms with van der Waals surface area (Å²) in [6, 6.07) is 11.4. The minimum absolute atomic E-state index is 0.163. The summed E-state index contributed by atoms with van der Waals surface area (Å²) in [6.45, 7) is -0.305. The molecule has 10 heteroatoms. The van der Waals surface area contributed by atoms with Crippen molar-refractivity contribution in [3.63, 3.8) is 0 Å². The molecule has 0 radical (unpaired) electrons. The third-order valence-corrected chi connectivity index (χ3v) is 7.98. The van der Waals surface area contributed by atoms with Gasteiger partial charge in [0.2, 0.25) is 10.0 Å². The fourth-order valence-corrected chi connectivity index (χ4v) is 5.70. The Morgan fingerprint density at radius 3 is 2.45 bits per heavy atom. The molecule has 1 amide bonds. The second kappa shape index (κ2) is 11.6. The lowest BCUT2D eigenvalue weighted by Gasteiger charge is -2.32. The number of benzene rings is 2. The van der Waals surface area contributed by atoms with E-state index >= 15 is 0 Å². The van der Waals surface area contributed by atoms with E-state index in [1.54, 1.807) is 49.6 Å². The highest BCUT2D eigenvalue weighted by atomic mass is 79.9. The number of hydrogen-bond acceptors (Lipinski definition) is 6. The third kappa shape index (κ3) is 6.55. The Balaban J connectivity index is 1.75. The van der Waals surface area contributed by atoms with Crippen LogP contribution in [0, 0.1) is 0 Å². The van der Waals surface area contributed by atoms with Gasteiger partial charge in [-0.2, -0.15) is 9.41 Å². The first-order valence-corrected chi connectivity index (χ1v) is 12.9. The van der Waals surface area contributed by atoms with Crippen molar-refractivity contribution in [1.82, 2.24) is 9.73 Å². The lowest BCUT2D eigenvalue weighted by atomic mass is 9.95. The summed E-state index contributed by atoms with van der Waals surface area (Å²) in [5.41, 5.74) is 3.09. The average molecular weight is 538 g/mol. The smallest absolute Gasteiger partial charge is 0.255 e. The van der Waals surface area contributed by atoms with E-state index in [1.165, 1.54) is 17.6 Å². The first-order valence-electron chi connectivity index (χ1n) is 10.7. The van der Waals surface area contributed by atoms with Crippen LogP contribution in [0.15, 0.2) is 56.9 Å². The molecule has 0 aliphatic heterocycles. The molecule has 2 aromatic carbocycles. The topological polar surface area (TPSA) is 97.3 Å². The summed E-state index contributed by atoms with van der Waals surface area (Å²) < 4.78 is 39.3. The molecule has 178 valence electrons. The molecule has 3 rings (SSSR count). The van der Waals surface area contributed by atoms with Gasteiger partial charge in [-0.05, 0) is 49.2 Å². The van der Waals surface area contributed by atoms with Crippen LogP contribution in [0.4, 0.5) is 0 Å². The standard InChI is InChI=1S/C23H28BrN3O5S/c1-31-20-11-8-17(22(14-20)32-2)15-25-26-23(28)16-27(19-6-4-3-5-7-19)33(29,30)21-12-9-18(24)10-13-21/h8-15,19H,3-7,16H2,1-2H3,(H,26,28)/b25-15+. The number of nitrogens with one attached hydrogen (secondary N) is 1. The molecule has 0 saturated heterocycles. The summed E-state index contributed by atoms with van der Waals surface area (Å²) in [4.78, 5) is 12.8. The van der Waals surface area contributed by atoms with E-state index in [2.05, 4.69) is 26.5 Å². The van der Waals surface area contributed by atoms with Gasteiger partial charge in [-0.15, -0.1) is 0 Å². The molecule has 0 heterocycles. The maximum Gasteiger partial charge on any atom is 0.255 e. The van der Waals surface area contributed by atoms with Crippen molar-refractivity contribution in [1.29, 1.82) is 0 Å². The van der Waals surface area contributed by atoms with E-state index in [0.29, 0.717) is 17.1 Å². The van der Waals surface area contributed by atoms with Crippen molar-refractivity contribution in [3.8, 4) is 11.5 Å². The highest BCUT2D eigenvalue weighted by Gasteiger charge is 2.33. The van der Waals surface area contributed by atoms with E-state index in [-0.39, 0.29) is 17.5 Å². The van der Waals surface area contributed by atoms with E-state index in [4.69, 9.17) is 9.47 Å². The van der Waals surface area contributed by atoms with Gasteiger partial charge >= 0.3 is 0 Å². The number of sulfonamides is 1. The van der Waals surface area contributed by atoms with Gasteiger partial charge in [0.05, 0.1) is 31.9 Å². The Labute approximate surface area is 203 Å². The molecule has 33 heavy (non-hydrogen) atoms. The number of ether oxygens (including phenoxy) is 2. The third-order valence-electron chi connectivity index (χ3n) is 5.54. The van der Waals surface area contributed by atoms with Gasteiger partial charge in [-0.3, -0.25) is 4.79 Å². The first-order chi connectivity index (χ1) is 15.8. The number of carbonyl (C=O) groups is 1. The average Bonchev–Trinajstić information content (AvgIpc) is 2.83. The SMILES string of the molecule is COc1ccc(/C=N/NC(=O)CN(C2CCCCC2)S(=O)(=O)c2ccc(Br)cc2)c(OC)c1. The molecule has 0 unspecified atom stereocenters. The molecule has 2 aromatic rings. The Bertz CT molecular complexity index is 1080. The zero-order chi connectivity index (χ0) is 23.8. The predicted octanol–water partition coefficient (Wildman–Crippen LogP) is 3.94. The molecule has 1 aliphatic carbocycles. The Morgan fingerprint density at radius 1 is 1.12 bits per heavy atom. The lowest BCUT2D eigenvalue weighted by Crippen LogP contribution is -2.46. The van der Waals surface area contributed by atoms with Gasteiger partial charge in [-0.25, -0.2) is 13.8 Å². The van der Waals surface area contributed by atoms with Gasteiger partial charge in [0.15, 0.2) is 0 Å². The van der Waals surface area contributed by atoms with Crippen molar-refractivity contribution in [2.75, 3.05) is 20.8 Å². The number of hydrazone groups is 1. The fourth-order valence-electron chi connectivity index (χ4n) is 3.80. The van der Waals surface area contributed by atoms with Crippen LogP contribution in [0.1, 0.15) is 37.7 Å². The van der Waals surface area contributed by atoms with Crippen LogP contribution in [0.5, 0.6) is 11.5 Å². The Morgan fingerprint density at radius 2 is 1.82 bits per heavy atom. The van der Waals surface area contributed by atoms with Crippen molar-refractivity contribution >= 4 is 38.1 Å². The van der Waals surface area contributed by atoms with Crippen LogP contribution in [0.3, 0.4) is 0 Å². The number of amides is 1. The normalized spacial score (nSPS) is 15.0. The summed E-state index contributed by atoms with van der Waals surface area (Å²) in [6.07, 6.45) is 5.86. The number of halogens is 1. The highest BCUT2D eigenvalue weighted by molar-refractivity contribution is 9.10. The van der Waals surface area contributed by atoms with E-state index in [9.17, 15) is 13.2 Å². The van der Waals surface area contributed by atoms with Crippen LogP contribution in [0.2, 0.25) is 0 Å². The van der Waals surface area contributed by atoms with Crippen molar-refractivity contribution in [3.05, 3.63) is 52.5 Å². The van der Waals surface area contributed by atoms with Crippen molar-refractivity contribution < 1.29 is 22.7 Å². The number of nitrogens with zero attached hydrogens (tertiary/aromatic N) is 2. The molecule has 1 fully saturated rings. The van der Waals surface area contributed by atoms with Gasteiger partial charge in [0.1, 0.15) is 11.5 Å². The maximum absolute atomic E-state index is 13.4. The quantitative estimate of drug-likeness (QED) is 0.386. The van der Waals surface area contributed by atoms with Gasteiger partial charge in [-0.1, -0.05) is 35.2 Å². The summed E-state index contributed by atoms with van der Waals surface area (Å²) >= 11 is 3.33. The molecule has 1 aliphatic rings. The second-order valence-electron chi connectivity index (χ2n) is 7.70. The molecule has 1 saturated carbocycles. The van der Waals surface area contributed by atoms with Gasteiger partial charge in [0.25, 0.3) is 5.91 Å². The number of carbonyl (C=O) groups excluding carboxylic acids is 1. The molecule has 1 N–H and O–H groups in total. The van der Waals surface area contributed by atoms with Crippen LogP contribution in [-0.2, 0) is 14.8 Å². The number of rotatable bonds is 9. The molecular formula is C23H28BrN3O5S. The molecule has 0 aromatic heterocycles. The minimum atomic E-state index is -3.84. The van der Waals surface area contributed by atoms with E-state index < -0.39 is 15.9 Å². The zero-order valence-corrected chi connectivity index (χ0v) is 21.1.